The average molecular weight is 359 g/mol. The van der Waals surface area contributed by atoms with Crippen molar-refractivity contribution in [1.29, 1.82) is 0 Å². The van der Waals surface area contributed by atoms with Gasteiger partial charge in [-0.3, -0.25) is 0 Å². The maximum Gasteiger partial charge on any atom is 0.223 e. The third-order valence-corrected chi connectivity index (χ3v) is 4.99. The fourth-order valence-corrected chi connectivity index (χ4v) is 3.10. The standard InChI is InChI=1S/C17H17N3O4S/c1-10-8-12(4-6-14(10)21)16-11(2)19-20(17(16)22)15-7-5-13(9-18-15)25(3,23)24/h4-9,21-22H,1-3H3. The summed E-state index contributed by atoms with van der Waals surface area (Å²) in [5.41, 5.74) is 2.50. The van der Waals surface area contributed by atoms with E-state index in [1.54, 1.807) is 32.0 Å². The summed E-state index contributed by atoms with van der Waals surface area (Å²) < 4.78 is 24.3. The van der Waals surface area contributed by atoms with Gasteiger partial charge in [0.15, 0.2) is 15.7 Å². The lowest BCUT2D eigenvalue weighted by Gasteiger charge is -2.06. The molecule has 130 valence electrons. The summed E-state index contributed by atoms with van der Waals surface area (Å²) in [6.07, 6.45) is 2.33. The molecule has 0 radical (unpaired) electrons. The summed E-state index contributed by atoms with van der Waals surface area (Å²) in [6.45, 7) is 3.51. The number of nitrogens with zero attached hydrogens (tertiary/aromatic N) is 3. The van der Waals surface area contributed by atoms with Crippen LogP contribution in [0.2, 0.25) is 0 Å². The van der Waals surface area contributed by atoms with Crippen molar-refractivity contribution in [3.63, 3.8) is 0 Å². The first-order valence-electron chi connectivity index (χ1n) is 7.43. The van der Waals surface area contributed by atoms with Crippen molar-refractivity contribution >= 4 is 9.84 Å². The van der Waals surface area contributed by atoms with Gasteiger partial charge in [-0.2, -0.15) is 9.78 Å². The van der Waals surface area contributed by atoms with E-state index in [9.17, 15) is 18.6 Å². The van der Waals surface area contributed by atoms with E-state index in [2.05, 4.69) is 10.1 Å². The van der Waals surface area contributed by atoms with Gasteiger partial charge in [-0.25, -0.2) is 13.4 Å². The van der Waals surface area contributed by atoms with Gasteiger partial charge < -0.3 is 10.2 Å². The number of hydrogen-bond donors (Lipinski definition) is 2. The van der Waals surface area contributed by atoms with Gasteiger partial charge >= 0.3 is 0 Å². The third-order valence-electron chi connectivity index (χ3n) is 3.89. The molecule has 2 heterocycles. The molecule has 2 N–H and O–H groups in total. The van der Waals surface area contributed by atoms with Crippen LogP contribution >= 0.6 is 0 Å². The van der Waals surface area contributed by atoms with Crippen molar-refractivity contribution in [1.82, 2.24) is 14.8 Å². The fraction of sp³-hybridized carbons (Fsp3) is 0.176. The second kappa shape index (κ2) is 5.89. The summed E-state index contributed by atoms with van der Waals surface area (Å²) in [4.78, 5) is 4.17. The summed E-state index contributed by atoms with van der Waals surface area (Å²) in [5.74, 6) is 0.364. The molecule has 3 rings (SSSR count). The summed E-state index contributed by atoms with van der Waals surface area (Å²) in [6, 6.07) is 7.90. The molecule has 0 bridgehead atoms. The molecule has 0 aliphatic rings. The highest BCUT2D eigenvalue weighted by Crippen LogP contribution is 2.35. The number of phenolic OH excluding ortho intramolecular Hbond substituents is 1. The van der Waals surface area contributed by atoms with E-state index in [4.69, 9.17) is 0 Å². The van der Waals surface area contributed by atoms with E-state index in [1.807, 2.05) is 0 Å². The summed E-state index contributed by atoms with van der Waals surface area (Å²) in [7, 11) is -3.35. The Hall–Kier alpha value is -2.87. The smallest absolute Gasteiger partial charge is 0.223 e. The third kappa shape index (κ3) is 3.08. The van der Waals surface area contributed by atoms with Crippen molar-refractivity contribution in [2.45, 2.75) is 18.7 Å². The summed E-state index contributed by atoms with van der Waals surface area (Å²) >= 11 is 0. The van der Waals surface area contributed by atoms with Crippen LogP contribution in [0.1, 0.15) is 11.3 Å². The van der Waals surface area contributed by atoms with Crippen LogP contribution in [0.15, 0.2) is 41.4 Å². The molecule has 2 aromatic heterocycles. The lowest BCUT2D eigenvalue weighted by Crippen LogP contribution is -2.02. The predicted molar refractivity (Wildman–Crippen MR) is 92.7 cm³/mol. The van der Waals surface area contributed by atoms with Gasteiger partial charge in [0.1, 0.15) is 5.75 Å². The van der Waals surface area contributed by atoms with Gasteiger partial charge in [-0.1, -0.05) is 6.07 Å². The molecule has 0 atom stereocenters. The second-order valence-electron chi connectivity index (χ2n) is 5.82. The molecule has 7 nitrogen and oxygen atoms in total. The largest absolute Gasteiger partial charge is 0.508 e. The predicted octanol–water partition coefficient (Wildman–Crippen LogP) is 2.37. The Balaban J connectivity index is 2.09. The van der Waals surface area contributed by atoms with Gasteiger partial charge in [0.2, 0.25) is 5.88 Å². The Morgan fingerprint density at radius 1 is 1.08 bits per heavy atom. The normalized spacial score (nSPS) is 11.6. The first-order valence-corrected chi connectivity index (χ1v) is 9.32. The molecule has 0 amide bonds. The zero-order valence-electron chi connectivity index (χ0n) is 13.9. The van der Waals surface area contributed by atoms with Crippen LogP contribution in [0.25, 0.3) is 16.9 Å². The number of hydrogen-bond acceptors (Lipinski definition) is 6. The average Bonchev–Trinajstić information content (AvgIpc) is 2.84. The molecular formula is C17H17N3O4S. The molecule has 0 aliphatic heterocycles. The molecule has 0 aliphatic carbocycles. The number of benzene rings is 1. The minimum atomic E-state index is -3.35. The fourth-order valence-electron chi connectivity index (χ4n) is 2.54. The molecule has 25 heavy (non-hydrogen) atoms. The molecule has 8 heteroatoms. The van der Waals surface area contributed by atoms with Crippen LogP contribution in [0.4, 0.5) is 0 Å². The van der Waals surface area contributed by atoms with Crippen LogP contribution in [0.3, 0.4) is 0 Å². The van der Waals surface area contributed by atoms with Crippen molar-refractivity contribution < 1.29 is 18.6 Å². The van der Waals surface area contributed by atoms with E-state index in [0.29, 0.717) is 28.2 Å². The lowest BCUT2D eigenvalue weighted by atomic mass is 10.0. The van der Waals surface area contributed by atoms with Gasteiger partial charge in [0.05, 0.1) is 16.2 Å². The highest BCUT2D eigenvalue weighted by molar-refractivity contribution is 7.90. The SMILES string of the molecule is Cc1cc(-c2c(C)nn(-c3ccc(S(C)(=O)=O)cn3)c2O)ccc1O. The number of phenols is 1. The maximum absolute atomic E-state index is 11.5. The topological polar surface area (TPSA) is 105 Å². The Bertz CT molecular complexity index is 1050. The van der Waals surface area contributed by atoms with E-state index in [-0.39, 0.29) is 16.5 Å². The Labute approximate surface area is 145 Å². The van der Waals surface area contributed by atoms with Crippen LogP contribution in [-0.2, 0) is 9.84 Å². The van der Waals surface area contributed by atoms with E-state index in [1.165, 1.54) is 23.0 Å². The van der Waals surface area contributed by atoms with Crippen LogP contribution in [0.5, 0.6) is 11.6 Å². The lowest BCUT2D eigenvalue weighted by molar-refractivity contribution is 0.433. The number of aromatic nitrogens is 3. The quantitative estimate of drug-likeness (QED) is 0.744. The minimum Gasteiger partial charge on any atom is -0.508 e. The second-order valence-corrected chi connectivity index (χ2v) is 7.84. The van der Waals surface area contributed by atoms with Crippen LogP contribution in [0, 0.1) is 13.8 Å². The maximum atomic E-state index is 11.5. The molecule has 0 saturated carbocycles. The van der Waals surface area contributed by atoms with Crippen LogP contribution in [-0.4, -0.2) is 39.7 Å². The zero-order chi connectivity index (χ0) is 18.4. The van der Waals surface area contributed by atoms with Crippen LogP contribution < -0.4 is 0 Å². The highest BCUT2D eigenvalue weighted by atomic mass is 32.2. The Morgan fingerprint density at radius 3 is 2.36 bits per heavy atom. The zero-order valence-corrected chi connectivity index (χ0v) is 14.7. The van der Waals surface area contributed by atoms with Gasteiger partial charge in [0, 0.05) is 12.5 Å². The summed E-state index contributed by atoms with van der Waals surface area (Å²) in [5, 5.41) is 24.5. The number of pyridine rings is 1. The molecule has 3 aromatic rings. The molecular weight excluding hydrogens is 342 g/mol. The monoisotopic (exact) mass is 359 g/mol. The van der Waals surface area contributed by atoms with E-state index < -0.39 is 9.84 Å². The van der Waals surface area contributed by atoms with Crippen molar-refractivity contribution in [2.24, 2.45) is 0 Å². The van der Waals surface area contributed by atoms with Gasteiger partial charge in [0.25, 0.3) is 0 Å². The van der Waals surface area contributed by atoms with E-state index >= 15 is 0 Å². The first-order chi connectivity index (χ1) is 11.7. The van der Waals surface area contributed by atoms with Gasteiger partial charge in [-0.05, 0) is 49.2 Å². The van der Waals surface area contributed by atoms with E-state index in [0.717, 1.165) is 6.26 Å². The molecule has 0 spiro atoms. The molecule has 1 aromatic carbocycles. The van der Waals surface area contributed by atoms with Gasteiger partial charge in [-0.15, -0.1) is 0 Å². The number of aryl methyl sites for hydroxylation is 2. The van der Waals surface area contributed by atoms with Crippen molar-refractivity contribution in [3.8, 4) is 28.6 Å². The highest BCUT2D eigenvalue weighted by Gasteiger charge is 2.19. The first kappa shape index (κ1) is 17.0. The minimum absolute atomic E-state index is 0.0917. The Kier molecular flexibility index (Phi) is 4.00. The molecule has 0 fully saturated rings. The number of sulfone groups is 1. The van der Waals surface area contributed by atoms with Crippen molar-refractivity contribution in [2.75, 3.05) is 6.26 Å². The number of aromatic hydroxyl groups is 2. The Morgan fingerprint density at radius 2 is 1.80 bits per heavy atom. The molecule has 0 unspecified atom stereocenters. The number of rotatable bonds is 3. The van der Waals surface area contributed by atoms with Crippen molar-refractivity contribution in [3.05, 3.63) is 47.8 Å². The molecule has 0 saturated heterocycles.